The molecule has 6 heteroatoms. The Morgan fingerprint density at radius 2 is 1.93 bits per heavy atom. The van der Waals surface area contributed by atoms with Crippen LogP contribution < -0.4 is 0 Å². The van der Waals surface area contributed by atoms with Crippen LogP contribution in [0, 0.1) is 5.82 Å². The van der Waals surface area contributed by atoms with Crippen molar-refractivity contribution in [2.75, 3.05) is 6.61 Å². The minimum atomic E-state index is -1.35. The number of rotatable bonds is 8. The molecule has 0 saturated heterocycles. The van der Waals surface area contributed by atoms with Crippen molar-refractivity contribution in [1.82, 2.24) is 4.98 Å². The van der Waals surface area contributed by atoms with Gasteiger partial charge in [-0.25, -0.2) is 19.0 Å². The third-order valence-corrected chi connectivity index (χ3v) is 4.17. The molecule has 0 spiro atoms. The number of carboxylic acids is 1. The van der Waals surface area contributed by atoms with Gasteiger partial charge in [-0.05, 0) is 31.4 Å². The van der Waals surface area contributed by atoms with Crippen LogP contribution >= 0.6 is 0 Å². The predicted molar refractivity (Wildman–Crippen MR) is 102 cm³/mol. The Balaban J connectivity index is 2.92. The molecule has 27 heavy (non-hydrogen) atoms. The van der Waals surface area contributed by atoms with Crippen LogP contribution in [-0.2, 0) is 4.74 Å². The first kappa shape index (κ1) is 20.6. The SMILES string of the molecule is CCCC=C(CCC)c1nc(C(=O)O)c(C(=O)OCC)c2cccc(F)c12. The van der Waals surface area contributed by atoms with Crippen molar-refractivity contribution in [2.45, 2.75) is 46.5 Å². The molecule has 2 rings (SSSR count). The topological polar surface area (TPSA) is 76.5 Å². The van der Waals surface area contributed by atoms with Gasteiger partial charge in [-0.15, -0.1) is 0 Å². The van der Waals surface area contributed by atoms with Crippen LogP contribution in [0.25, 0.3) is 16.3 Å². The van der Waals surface area contributed by atoms with Gasteiger partial charge in [0.1, 0.15) is 11.4 Å². The lowest BCUT2D eigenvalue weighted by Crippen LogP contribution is -2.16. The van der Waals surface area contributed by atoms with E-state index < -0.39 is 23.4 Å². The van der Waals surface area contributed by atoms with Crippen LogP contribution in [0.5, 0.6) is 0 Å². The second kappa shape index (κ2) is 9.26. The summed E-state index contributed by atoms with van der Waals surface area (Å²) in [5, 5.41) is 10.00. The van der Waals surface area contributed by atoms with Gasteiger partial charge >= 0.3 is 11.9 Å². The van der Waals surface area contributed by atoms with Crippen LogP contribution in [0.15, 0.2) is 24.3 Å². The van der Waals surface area contributed by atoms with Gasteiger partial charge in [0.2, 0.25) is 0 Å². The molecule has 0 saturated carbocycles. The highest BCUT2D eigenvalue weighted by Gasteiger charge is 2.27. The van der Waals surface area contributed by atoms with Crippen LogP contribution in [0.4, 0.5) is 4.39 Å². The zero-order valence-electron chi connectivity index (χ0n) is 15.8. The number of esters is 1. The van der Waals surface area contributed by atoms with Crippen LogP contribution in [0.3, 0.4) is 0 Å². The zero-order valence-corrected chi connectivity index (χ0v) is 15.8. The number of aromatic carboxylic acids is 1. The zero-order chi connectivity index (χ0) is 20.0. The maximum atomic E-state index is 14.8. The van der Waals surface area contributed by atoms with Crippen LogP contribution in [-0.4, -0.2) is 28.6 Å². The number of hydrogen-bond acceptors (Lipinski definition) is 4. The first-order valence-electron chi connectivity index (χ1n) is 9.18. The van der Waals surface area contributed by atoms with E-state index in [1.807, 2.05) is 19.9 Å². The molecule has 1 N–H and O–H groups in total. The average molecular weight is 373 g/mol. The summed E-state index contributed by atoms with van der Waals surface area (Å²) in [5.41, 5.74) is 0.435. The number of unbranched alkanes of at least 4 members (excludes halogenated alkanes) is 1. The molecule has 0 amide bonds. The molecular formula is C21H24FNO4. The molecule has 144 valence electrons. The predicted octanol–water partition coefficient (Wildman–Crippen LogP) is 5.23. The monoisotopic (exact) mass is 373 g/mol. The second-order valence-corrected chi connectivity index (χ2v) is 6.14. The van der Waals surface area contributed by atoms with Crippen molar-refractivity contribution < 1.29 is 23.8 Å². The van der Waals surface area contributed by atoms with Gasteiger partial charge in [0, 0.05) is 10.8 Å². The number of fused-ring (bicyclic) bond motifs is 1. The van der Waals surface area contributed by atoms with E-state index in [-0.39, 0.29) is 28.6 Å². The van der Waals surface area contributed by atoms with E-state index in [2.05, 4.69) is 4.98 Å². The van der Waals surface area contributed by atoms with Crippen molar-refractivity contribution >= 4 is 28.3 Å². The van der Waals surface area contributed by atoms with E-state index in [1.54, 1.807) is 6.92 Å². The van der Waals surface area contributed by atoms with E-state index in [0.717, 1.165) is 24.8 Å². The fourth-order valence-corrected chi connectivity index (χ4v) is 3.03. The Kier molecular flexibility index (Phi) is 7.05. The van der Waals surface area contributed by atoms with Crippen molar-refractivity contribution in [3.05, 3.63) is 47.0 Å². The molecular weight excluding hydrogens is 349 g/mol. The highest BCUT2D eigenvalue weighted by atomic mass is 19.1. The van der Waals surface area contributed by atoms with Crippen LogP contribution in [0.1, 0.15) is 73.0 Å². The Morgan fingerprint density at radius 1 is 1.19 bits per heavy atom. The quantitative estimate of drug-likeness (QED) is 0.641. The molecule has 0 atom stereocenters. The molecule has 0 fully saturated rings. The summed E-state index contributed by atoms with van der Waals surface area (Å²) in [4.78, 5) is 28.5. The summed E-state index contributed by atoms with van der Waals surface area (Å²) in [7, 11) is 0. The fourth-order valence-electron chi connectivity index (χ4n) is 3.03. The average Bonchev–Trinajstić information content (AvgIpc) is 2.64. The maximum absolute atomic E-state index is 14.8. The molecule has 0 unspecified atom stereocenters. The Bertz CT molecular complexity index is 889. The smallest absolute Gasteiger partial charge is 0.355 e. The van der Waals surface area contributed by atoms with E-state index in [0.29, 0.717) is 6.42 Å². The second-order valence-electron chi connectivity index (χ2n) is 6.14. The molecule has 0 aliphatic rings. The number of nitrogens with zero attached hydrogens (tertiary/aromatic N) is 1. The van der Waals surface area contributed by atoms with Crippen molar-refractivity contribution in [2.24, 2.45) is 0 Å². The number of hydrogen-bond donors (Lipinski definition) is 1. The number of pyridine rings is 1. The van der Waals surface area contributed by atoms with Gasteiger partial charge in [0.25, 0.3) is 0 Å². The Morgan fingerprint density at radius 3 is 2.52 bits per heavy atom. The molecule has 0 aliphatic carbocycles. The summed E-state index contributed by atoms with van der Waals surface area (Å²) < 4.78 is 19.8. The van der Waals surface area contributed by atoms with Gasteiger partial charge in [-0.3, -0.25) is 0 Å². The van der Waals surface area contributed by atoms with E-state index in [9.17, 15) is 19.1 Å². The largest absolute Gasteiger partial charge is 0.476 e. The minimum absolute atomic E-state index is 0.0773. The lowest BCUT2D eigenvalue weighted by Gasteiger charge is -2.15. The lowest BCUT2D eigenvalue weighted by atomic mass is 9.95. The minimum Gasteiger partial charge on any atom is -0.476 e. The molecule has 5 nitrogen and oxygen atoms in total. The summed E-state index contributed by atoms with van der Waals surface area (Å²) in [6, 6.07) is 4.27. The third kappa shape index (κ3) is 4.32. The van der Waals surface area contributed by atoms with E-state index in [4.69, 9.17) is 4.74 Å². The fraction of sp³-hybridized carbons (Fsp3) is 0.381. The summed E-state index contributed by atoms with van der Waals surface area (Å²) in [5.74, 6) is -2.72. The number of carboxylic acid groups (broad SMARTS) is 1. The number of carbonyl (C=O) groups is 2. The first-order chi connectivity index (χ1) is 13.0. The number of benzene rings is 1. The normalized spacial score (nSPS) is 11.6. The number of halogens is 1. The van der Waals surface area contributed by atoms with Gasteiger partial charge in [0.05, 0.1) is 12.3 Å². The highest BCUT2D eigenvalue weighted by molar-refractivity contribution is 6.13. The number of aromatic nitrogens is 1. The Labute approximate surface area is 157 Å². The standard InChI is InChI=1S/C21H24FNO4/c1-4-7-10-13(9-5-2)18-16-14(11-8-12-15(16)22)17(21(26)27-6-3)19(23-18)20(24)25/h8,10-12H,4-7,9H2,1-3H3,(H,24,25). The van der Waals surface area contributed by atoms with Gasteiger partial charge < -0.3 is 9.84 Å². The summed E-state index contributed by atoms with van der Waals surface area (Å²) in [6.07, 6.45) is 5.08. The van der Waals surface area contributed by atoms with Gasteiger partial charge in [0.15, 0.2) is 5.69 Å². The molecule has 0 radical (unpaired) electrons. The van der Waals surface area contributed by atoms with Crippen molar-refractivity contribution in [1.29, 1.82) is 0 Å². The number of allylic oxidation sites excluding steroid dienone is 2. The third-order valence-electron chi connectivity index (χ3n) is 4.17. The van der Waals surface area contributed by atoms with E-state index in [1.165, 1.54) is 18.2 Å². The number of ether oxygens (including phenoxy) is 1. The molecule has 0 bridgehead atoms. The summed E-state index contributed by atoms with van der Waals surface area (Å²) >= 11 is 0. The molecule has 1 heterocycles. The van der Waals surface area contributed by atoms with Crippen molar-refractivity contribution in [3.8, 4) is 0 Å². The van der Waals surface area contributed by atoms with Gasteiger partial charge in [-0.1, -0.05) is 44.9 Å². The highest BCUT2D eigenvalue weighted by Crippen LogP contribution is 2.33. The summed E-state index contributed by atoms with van der Waals surface area (Å²) in [6.45, 7) is 5.71. The molecule has 1 aromatic carbocycles. The van der Waals surface area contributed by atoms with Crippen LogP contribution in [0.2, 0.25) is 0 Å². The Hall–Kier alpha value is -2.76. The first-order valence-corrected chi connectivity index (χ1v) is 9.18. The van der Waals surface area contributed by atoms with Gasteiger partial charge in [-0.2, -0.15) is 0 Å². The van der Waals surface area contributed by atoms with Crippen molar-refractivity contribution in [3.63, 3.8) is 0 Å². The number of carbonyl (C=O) groups excluding carboxylic acids is 1. The lowest BCUT2D eigenvalue weighted by molar-refractivity contribution is 0.0515. The molecule has 0 aliphatic heterocycles. The van der Waals surface area contributed by atoms with E-state index >= 15 is 0 Å². The molecule has 2 aromatic rings. The molecule has 1 aromatic heterocycles. The maximum Gasteiger partial charge on any atom is 0.355 e.